The molecule has 0 aromatic rings. The number of carbonyl (C=O) groups excluding carboxylic acids is 1. The van der Waals surface area contributed by atoms with Crippen LogP contribution in [0.5, 0.6) is 0 Å². The lowest BCUT2D eigenvalue weighted by atomic mass is 9.32. The molecule has 4 N–H and O–H groups in total. The summed E-state index contributed by atoms with van der Waals surface area (Å²) in [5.41, 5.74) is 7.58. The molecule has 13 atom stereocenters. The molecule has 7 rings (SSSR count). The molecule has 9 nitrogen and oxygen atoms in total. The monoisotopic (exact) mass is 772 g/mol. The molecule has 1 heterocycles. The fourth-order valence-corrected chi connectivity index (χ4v) is 16.6. The van der Waals surface area contributed by atoms with Gasteiger partial charge in [-0.3, -0.25) is 14.5 Å². The van der Waals surface area contributed by atoms with E-state index in [1.165, 1.54) is 37.7 Å². The molecule has 54 heavy (non-hydrogen) atoms. The predicted octanol–water partition coefficient (Wildman–Crippen LogP) is 6.70. The Morgan fingerprint density at radius 1 is 0.870 bits per heavy atom. The van der Waals surface area contributed by atoms with Crippen LogP contribution < -0.4 is 11.1 Å². The number of fused-ring (bicyclic) bond motifs is 7. The molecule has 6 aliphatic carbocycles. The lowest BCUT2D eigenvalue weighted by Crippen LogP contribution is -2.69. The van der Waals surface area contributed by atoms with Crippen molar-refractivity contribution in [3.63, 3.8) is 0 Å². The van der Waals surface area contributed by atoms with Gasteiger partial charge in [0.2, 0.25) is 0 Å². The van der Waals surface area contributed by atoms with Gasteiger partial charge in [-0.1, -0.05) is 60.6 Å². The lowest BCUT2D eigenvalue weighted by molar-refractivity contribution is -0.248. The highest BCUT2D eigenvalue weighted by Gasteiger charge is 2.71. The maximum Gasteiger partial charge on any atom is 0.309 e. The highest BCUT2D eigenvalue weighted by Crippen LogP contribution is 2.76. The Balaban J connectivity index is 1.10. The van der Waals surface area contributed by atoms with Crippen LogP contribution in [0.25, 0.3) is 0 Å². The third-order valence-electron chi connectivity index (χ3n) is 19.0. The number of carboxylic acids is 1. The van der Waals surface area contributed by atoms with Crippen LogP contribution in [0.2, 0.25) is 0 Å². The smallest absolute Gasteiger partial charge is 0.309 e. The van der Waals surface area contributed by atoms with E-state index in [1.807, 2.05) is 13.8 Å². The molecule has 306 valence electrons. The molecule has 1 aliphatic heterocycles. The van der Waals surface area contributed by atoms with Crippen LogP contribution in [0.4, 0.5) is 0 Å². The summed E-state index contributed by atoms with van der Waals surface area (Å²) in [6.45, 7) is 25.8. The second kappa shape index (κ2) is 13.5. The second-order valence-electron chi connectivity index (χ2n) is 21.6. The number of esters is 1. The van der Waals surface area contributed by atoms with E-state index in [1.54, 1.807) is 0 Å². The standard InChI is InChI=1S/C44H73N3O6S/c1-27(2)29-12-17-44(46-26-28(25-45)47-20-22-54(51,52)23-21-47)19-18-42(8)30(36(29)44)10-11-34-41(7)15-14-35(40(5,6)33(41)13-16-43(34,42)9)53-38(50)32-24-31(37(48)49)39(32,3)4/h28-36,46H,1,10-26,45H2,2-9H3,(H,48,49)/t28?,29-,30+,31-,32+,33-,34+,35-,36+,41-,42+,43+,44-/m0/s1. The number of carboxylic acid groups (broad SMARTS) is 1. The summed E-state index contributed by atoms with van der Waals surface area (Å²) in [7, 11) is -2.95. The minimum absolute atomic E-state index is 0.0524. The fourth-order valence-electron chi connectivity index (χ4n) is 15.4. The minimum atomic E-state index is -2.95. The average molecular weight is 772 g/mol. The van der Waals surface area contributed by atoms with E-state index in [0.29, 0.717) is 55.6 Å². The van der Waals surface area contributed by atoms with Crippen LogP contribution in [-0.2, 0) is 24.2 Å². The molecule has 10 heteroatoms. The third-order valence-corrected chi connectivity index (χ3v) is 20.6. The Morgan fingerprint density at radius 3 is 2.17 bits per heavy atom. The van der Waals surface area contributed by atoms with E-state index in [2.05, 4.69) is 58.3 Å². The minimum Gasteiger partial charge on any atom is -0.481 e. The SMILES string of the molecule is C=C(C)[C@@H]1CC[C@]2(NCC(CN)N3CCS(=O)(=O)CC3)CC[C@]3(C)[C@H](CC[C@@H]4[C@@]5(C)CC[C@H](OC(=O)[C@H]6C[C@@H](C(=O)O)C6(C)C)C(C)(C)[C@@H]5CC[C@]43C)[C@@H]12. The van der Waals surface area contributed by atoms with Crippen molar-refractivity contribution >= 4 is 21.8 Å². The number of nitrogens with one attached hydrogen (secondary N) is 1. The van der Waals surface area contributed by atoms with Gasteiger partial charge in [0.1, 0.15) is 6.10 Å². The highest BCUT2D eigenvalue weighted by atomic mass is 32.2. The Bertz CT molecular complexity index is 1610. The van der Waals surface area contributed by atoms with Gasteiger partial charge in [0.25, 0.3) is 0 Å². The number of aliphatic carboxylic acids is 1. The zero-order valence-electron chi connectivity index (χ0n) is 34.8. The van der Waals surface area contributed by atoms with E-state index in [4.69, 9.17) is 10.5 Å². The van der Waals surface area contributed by atoms with Crippen molar-refractivity contribution in [1.29, 1.82) is 0 Å². The van der Waals surface area contributed by atoms with Crippen molar-refractivity contribution in [1.82, 2.24) is 10.2 Å². The molecule has 7 aliphatic rings. The van der Waals surface area contributed by atoms with Gasteiger partial charge in [0, 0.05) is 43.2 Å². The van der Waals surface area contributed by atoms with Crippen molar-refractivity contribution in [2.45, 2.75) is 144 Å². The first kappa shape index (κ1) is 40.7. The topological polar surface area (TPSA) is 139 Å². The summed E-state index contributed by atoms with van der Waals surface area (Å²) in [6.07, 6.45) is 11.7. The molecule has 7 fully saturated rings. The Kier molecular flexibility index (Phi) is 10.2. The molecule has 0 bridgehead atoms. The van der Waals surface area contributed by atoms with E-state index < -0.39 is 27.1 Å². The number of hydrogen-bond acceptors (Lipinski definition) is 8. The van der Waals surface area contributed by atoms with Crippen molar-refractivity contribution in [3.05, 3.63) is 12.2 Å². The van der Waals surface area contributed by atoms with Gasteiger partial charge in [-0.05, 0) is 129 Å². The zero-order valence-corrected chi connectivity index (χ0v) is 35.7. The summed E-state index contributed by atoms with van der Waals surface area (Å²) in [5, 5.41) is 13.9. The quantitative estimate of drug-likeness (QED) is 0.173. The van der Waals surface area contributed by atoms with Crippen molar-refractivity contribution < 1.29 is 27.9 Å². The summed E-state index contributed by atoms with van der Waals surface area (Å²) in [5.74, 6) is 1.28. The molecule has 1 unspecified atom stereocenters. The van der Waals surface area contributed by atoms with Gasteiger partial charge in [-0.25, -0.2) is 8.42 Å². The largest absolute Gasteiger partial charge is 0.481 e. The Labute approximate surface area is 326 Å². The van der Waals surface area contributed by atoms with Crippen molar-refractivity contribution in [2.75, 3.05) is 37.7 Å². The van der Waals surface area contributed by atoms with E-state index >= 15 is 0 Å². The van der Waals surface area contributed by atoms with Crippen LogP contribution >= 0.6 is 0 Å². The van der Waals surface area contributed by atoms with Crippen LogP contribution in [0.15, 0.2) is 12.2 Å². The molecular formula is C44H73N3O6S. The van der Waals surface area contributed by atoms with Gasteiger partial charge < -0.3 is 20.9 Å². The van der Waals surface area contributed by atoms with Gasteiger partial charge >= 0.3 is 11.9 Å². The molecule has 0 spiro atoms. The van der Waals surface area contributed by atoms with Gasteiger partial charge in [-0.2, -0.15) is 0 Å². The number of rotatable bonds is 9. The first-order chi connectivity index (χ1) is 25.1. The van der Waals surface area contributed by atoms with Crippen molar-refractivity contribution in [3.8, 4) is 0 Å². The normalized spacial score (nSPS) is 46.8. The number of ether oxygens (including phenoxy) is 1. The highest BCUT2D eigenvalue weighted by molar-refractivity contribution is 7.91. The molecular weight excluding hydrogens is 699 g/mol. The number of sulfone groups is 1. The van der Waals surface area contributed by atoms with Crippen LogP contribution in [0.3, 0.4) is 0 Å². The maximum absolute atomic E-state index is 13.6. The van der Waals surface area contributed by atoms with E-state index in [0.717, 1.165) is 38.6 Å². The summed E-state index contributed by atoms with van der Waals surface area (Å²) >= 11 is 0. The third kappa shape index (κ3) is 6.01. The number of hydrogen-bond donors (Lipinski definition) is 3. The summed E-state index contributed by atoms with van der Waals surface area (Å²) in [6, 6.07) is 0.135. The molecule has 0 radical (unpaired) electrons. The van der Waals surface area contributed by atoms with Crippen LogP contribution in [-0.4, -0.2) is 85.7 Å². The Morgan fingerprint density at radius 2 is 1.56 bits per heavy atom. The number of allylic oxidation sites excluding steroid dienone is 1. The fraction of sp³-hybridized carbons (Fsp3) is 0.909. The summed E-state index contributed by atoms with van der Waals surface area (Å²) < 4.78 is 30.8. The summed E-state index contributed by atoms with van der Waals surface area (Å²) in [4.78, 5) is 27.7. The second-order valence-corrected chi connectivity index (χ2v) is 23.9. The van der Waals surface area contributed by atoms with Crippen LogP contribution in [0, 0.1) is 68.5 Å². The van der Waals surface area contributed by atoms with Gasteiger partial charge in [0.15, 0.2) is 9.84 Å². The zero-order chi connectivity index (χ0) is 39.4. The molecule has 0 amide bonds. The first-order valence-electron chi connectivity index (χ1n) is 21.6. The maximum atomic E-state index is 13.6. The molecule has 1 saturated heterocycles. The van der Waals surface area contributed by atoms with Gasteiger partial charge in [-0.15, -0.1) is 0 Å². The number of nitrogens with zero attached hydrogens (tertiary/aromatic N) is 1. The Hall–Kier alpha value is -1.49. The number of carbonyl (C=O) groups is 2. The van der Waals surface area contributed by atoms with E-state index in [9.17, 15) is 23.1 Å². The molecule has 0 aromatic heterocycles. The van der Waals surface area contributed by atoms with Crippen LogP contribution in [0.1, 0.15) is 126 Å². The first-order valence-corrected chi connectivity index (χ1v) is 23.4. The number of nitrogens with two attached hydrogens (primary N) is 1. The predicted molar refractivity (Wildman–Crippen MR) is 213 cm³/mol. The van der Waals surface area contributed by atoms with Gasteiger partial charge in [0.05, 0.1) is 23.3 Å². The lowest BCUT2D eigenvalue weighted by Gasteiger charge is -2.73. The van der Waals surface area contributed by atoms with Crippen molar-refractivity contribution in [2.24, 2.45) is 74.2 Å². The molecule has 6 saturated carbocycles. The molecule has 0 aromatic carbocycles. The average Bonchev–Trinajstić information content (AvgIpc) is 3.47. The van der Waals surface area contributed by atoms with E-state index in [-0.39, 0.29) is 62.7 Å².